The maximum Gasteiger partial charge on any atom is 0.143 e. The van der Waals surface area contributed by atoms with Crippen LogP contribution >= 0.6 is 0 Å². The van der Waals surface area contributed by atoms with Gasteiger partial charge < -0.3 is 9.64 Å². The third-order valence-electron chi connectivity index (χ3n) is 10.0. The van der Waals surface area contributed by atoms with Crippen molar-refractivity contribution < 1.29 is 4.74 Å². The lowest BCUT2D eigenvalue weighted by Crippen LogP contribution is -2.12. The van der Waals surface area contributed by atoms with Crippen molar-refractivity contribution in [2.24, 2.45) is 0 Å². The number of fused-ring (bicyclic) bond motifs is 10. The first kappa shape index (κ1) is 28.4. The molecule has 0 amide bonds. The number of para-hydroxylation sites is 1. The molecule has 0 aromatic heterocycles. The van der Waals surface area contributed by atoms with E-state index in [0.29, 0.717) is 0 Å². The molecule has 2 heteroatoms. The first-order chi connectivity index (χ1) is 24.8. The molecule has 0 unspecified atom stereocenters. The molecule has 0 bridgehead atoms. The Balaban J connectivity index is 1.30. The molecule has 1 heterocycles. The summed E-state index contributed by atoms with van der Waals surface area (Å²) in [4.78, 5) is 2.45. The normalized spacial score (nSPS) is 11.8. The fourth-order valence-corrected chi connectivity index (χ4v) is 7.73. The summed E-state index contributed by atoms with van der Waals surface area (Å²) in [6.07, 6.45) is 0. The van der Waals surface area contributed by atoms with Gasteiger partial charge in [-0.3, -0.25) is 0 Å². The van der Waals surface area contributed by atoms with Gasteiger partial charge in [0.25, 0.3) is 0 Å². The molecule has 2 nitrogen and oxygen atoms in total. The molecule has 234 valence electrons. The number of benzene rings is 9. The summed E-state index contributed by atoms with van der Waals surface area (Å²) in [7, 11) is 0. The van der Waals surface area contributed by atoms with Crippen LogP contribution in [0, 0.1) is 0 Å². The summed E-state index contributed by atoms with van der Waals surface area (Å²) in [5.74, 6) is 1.75. The molecular weight excluding hydrogens is 607 g/mol. The molecule has 0 aliphatic carbocycles. The molecule has 1 aliphatic heterocycles. The topological polar surface area (TPSA) is 12.5 Å². The number of nitrogens with zero attached hydrogens (tertiary/aromatic N) is 1. The number of ether oxygens (including phenoxy) is 1. The van der Waals surface area contributed by atoms with E-state index >= 15 is 0 Å². The maximum atomic E-state index is 6.92. The molecule has 9 aromatic carbocycles. The van der Waals surface area contributed by atoms with Crippen molar-refractivity contribution in [3.63, 3.8) is 0 Å². The van der Waals surface area contributed by atoms with E-state index in [-0.39, 0.29) is 0 Å². The predicted molar refractivity (Wildman–Crippen MR) is 210 cm³/mol. The lowest BCUT2D eigenvalue weighted by atomic mass is 9.91. The molecule has 1 aliphatic rings. The summed E-state index contributed by atoms with van der Waals surface area (Å²) in [6, 6.07) is 67.5. The van der Waals surface area contributed by atoms with E-state index < -0.39 is 0 Å². The van der Waals surface area contributed by atoms with Crippen LogP contribution in [0.5, 0.6) is 11.5 Å². The Labute approximate surface area is 291 Å². The Morgan fingerprint density at radius 3 is 1.62 bits per heavy atom. The van der Waals surface area contributed by atoms with E-state index in [1.807, 2.05) is 0 Å². The molecule has 0 saturated heterocycles. The highest BCUT2D eigenvalue weighted by Gasteiger charge is 2.27. The third kappa shape index (κ3) is 4.50. The highest BCUT2D eigenvalue weighted by molar-refractivity contribution is 6.16. The van der Waals surface area contributed by atoms with E-state index in [0.717, 1.165) is 61.6 Å². The zero-order valence-electron chi connectivity index (χ0n) is 27.3. The molecule has 0 radical (unpaired) electrons. The van der Waals surface area contributed by atoms with Gasteiger partial charge in [-0.2, -0.15) is 0 Å². The van der Waals surface area contributed by atoms with Crippen molar-refractivity contribution in [2.45, 2.75) is 0 Å². The molecule has 50 heavy (non-hydrogen) atoms. The second-order valence-corrected chi connectivity index (χ2v) is 12.9. The maximum absolute atomic E-state index is 6.92. The SMILES string of the molecule is c1ccc(-c2ccc(N(c3cc4c(c5ccccc35)Oc3ccccc3-c3ccccc3-4)c3cc4ccccc4c4ccccc34)cc2)cc1. The molecule has 0 N–H and O–H groups in total. The van der Waals surface area contributed by atoms with Gasteiger partial charge in [0.1, 0.15) is 11.5 Å². The molecule has 0 saturated carbocycles. The van der Waals surface area contributed by atoms with Gasteiger partial charge in [0, 0.05) is 33.0 Å². The summed E-state index contributed by atoms with van der Waals surface area (Å²) >= 11 is 0. The van der Waals surface area contributed by atoms with Crippen LogP contribution in [0.3, 0.4) is 0 Å². The van der Waals surface area contributed by atoms with Crippen LogP contribution in [0.1, 0.15) is 0 Å². The molecule has 0 spiro atoms. The standard InChI is InChI=1S/C48H31NO/c1-2-14-32(15-3-1)33-26-28-35(29-27-33)49(45-30-34-16-4-5-17-36(34)37-18-8-9-21-40(37)45)46-31-44-39-20-7-6-19-38(39)42-23-12-13-25-47(42)50-48(44)43-24-11-10-22-41(43)46/h1-31H. The average molecular weight is 638 g/mol. The average Bonchev–Trinajstić information content (AvgIpc) is 3.33. The van der Waals surface area contributed by atoms with E-state index in [1.165, 1.54) is 32.7 Å². The largest absolute Gasteiger partial charge is 0.455 e. The quantitative estimate of drug-likeness (QED) is 0.178. The summed E-state index contributed by atoms with van der Waals surface area (Å²) in [5.41, 5.74) is 10.2. The van der Waals surface area contributed by atoms with Crippen molar-refractivity contribution in [1.29, 1.82) is 0 Å². The fourth-order valence-electron chi connectivity index (χ4n) is 7.73. The molecule has 9 aromatic rings. The second kappa shape index (κ2) is 11.5. The van der Waals surface area contributed by atoms with Crippen molar-refractivity contribution in [3.05, 3.63) is 188 Å². The van der Waals surface area contributed by atoms with Crippen LogP contribution in [-0.2, 0) is 0 Å². The van der Waals surface area contributed by atoms with Gasteiger partial charge in [-0.1, -0.05) is 158 Å². The van der Waals surface area contributed by atoms with Crippen LogP contribution in [0.15, 0.2) is 188 Å². The number of rotatable bonds is 4. The van der Waals surface area contributed by atoms with Gasteiger partial charge in [-0.15, -0.1) is 0 Å². The van der Waals surface area contributed by atoms with E-state index in [4.69, 9.17) is 4.74 Å². The minimum atomic E-state index is 0.866. The van der Waals surface area contributed by atoms with Crippen LogP contribution < -0.4 is 9.64 Å². The zero-order valence-corrected chi connectivity index (χ0v) is 27.3. The van der Waals surface area contributed by atoms with Crippen LogP contribution in [0.2, 0.25) is 0 Å². The lowest BCUT2D eigenvalue weighted by molar-refractivity contribution is 0.493. The van der Waals surface area contributed by atoms with Crippen LogP contribution in [0.25, 0.3) is 65.7 Å². The molecule has 0 atom stereocenters. The minimum Gasteiger partial charge on any atom is -0.455 e. The third-order valence-corrected chi connectivity index (χ3v) is 10.0. The summed E-state index contributed by atoms with van der Waals surface area (Å²) in [6.45, 7) is 0. The Morgan fingerprint density at radius 1 is 0.340 bits per heavy atom. The number of anilines is 3. The summed E-state index contributed by atoms with van der Waals surface area (Å²) in [5, 5.41) is 7.07. The number of hydrogen-bond acceptors (Lipinski definition) is 2. The van der Waals surface area contributed by atoms with Gasteiger partial charge in [0.15, 0.2) is 0 Å². The Bertz CT molecular complexity index is 2730. The van der Waals surface area contributed by atoms with Gasteiger partial charge >= 0.3 is 0 Å². The Hall–Kier alpha value is -6.64. The lowest BCUT2D eigenvalue weighted by Gasteiger charge is -2.30. The molecular formula is C48H31NO. The van der Waals surface area contributed by atoms with Gasteiger partial charge in [0.05, 0.1) is 11.4 Å². The summed E-state index contributed by atoms with van der Waals surface area (Å²) < 4.78 is 6.92. The van der Waals surface area contributed by atoms with E-state index in [1.54, 1.807) is 0 Å². The van der Waals surface area contributed by atoms with Crippen molar-refractivity contribution >= 4 is 49.4 Å². The van der Waals surface area contributed by atoms with Crippen molar-refractivity contribution in [3.8, 4) is 44.9 Å². The van der Waals surface area contributed by atoms with E-state index in [9.17, 15) is 0 Å². The first-order valence-electron chi connectivity index (χ1n) is 17.1. The Morgan fingerprint density at radius 2 is 0.860 bits per heavy atom. The smallest absolute Gasteiger partial charge is 0.143 e. The highest BCUT2D eigenvalue weighted by atomic mass is 16.5. The van der Waals surface area contributed by atoms with Crippen molar-refractivity contribution in [1.82, 2.24) is 0 Å². The van der Waals surface area contributed by atoms with Crippen LogP contribution in [0.4, 0.5) is 17.1 Å². The minimum absolute atomic E-state index is 0.866. The number of hydrogen-bond donors (Lipinski definition) is 0. The van der Waals surface area contributed by atoms with Gasteiger partial charge in [-0.25, -0.2) is 0 Å². The van der Waals surface area contributed by atoms with E-state index in [2.05, 4.69) is 193 Å². The Kier molecular flexibility index (Phi) is 6.53. The second-order valence-electron chi connectivity index (χ2n) is 12.9. The van der Waals surface area contributed by atoms with Gasteiger partial charge in [0.2, 0.25) is 0 Å². The predicted octanol–water partition coefficient (Wildman–Crippen LogP) is 13.7. The molecule has 0 fully saturated rings. The van der Waals surface area contributed by atoms with Gasteiger partial charge in [-0.05, 0) is 68.7 Å². The first-order valence-corrected chi connectivity index (χ1v) is 17.1. The monoisotopic (exact) mass is 637 g/mol. The fraction of sp³-hybridized carbons (Fsp3) is 0. The zero-order chi connectivity index (χ0) is 33.0. The van der Waals surface area contributed by atoms with Crippen molar-refractivity contribution in [2.75, 3.05) is 4.90 Å². The molecule has 10 rings (SSSR count). The van der Waals surface area contributed by atoms with Crippen LogP contribution in [-0.4, -0.2) is 0 Å². The highest BCUT2D eigenvalue weighted by Crippen LogP contribution is 2.53.